The van der Waals surface area contributed by atoms with Crippen LogP contribution in [0.4, 0.5) is 0 Å². The Morgan fingerprint density at radius 1 is 0.259 bits per heavy atom. The van der Waals surface area contributed by atoms with Crippen molar-refractivity contribution in [3.05, 3.63) is 207 Å². The van der Waals surface area contributed by atoms with Gasteiger partial charge in [0.1, 0.15) is 19.3 Å². The maximum atomic E-state index is 13.1. The number of unbranched alkanes of at least 4 members (excludes halogenated alkanes) is 17. The molecule has 0 aromatic carbocycles. The minimum absolute atomic E-state index is 0.0133. The first-order valence-electron chi connectivity index (χ1n) is 42.3. The Labute approximate surface area is 678 Å². The van der Waals surface area contributed by atoms with Gasteiger partial charge in [-0.15, -0.1) is 0 Å². The van der Waals surface area contributed by atoms with Crippen LogP contribution in [0.5, 0.6) is 0 Å². The average molecular weight is 1600 g/mol. The Hall–Kier alpha value is -6.36. The van der Waals surface area contributed by atoms with E-state index in [0.29, 0.717) is 38.5 Å². The highest BCUT2D eigenvalue weighted by atomic mass is 31.2. The summed E-state index contributed by atoms with van der Waals surface area (Å²) in [7, 11) is -10.0. The maximum Gasteiger partial charge on any atom is 0.472 e. The second kappa shape index (κ2) is 82.6. The number of phosphoric acid groups is 2. The molecule has 2 unspecified atom stereocenters. The summed E-state index contributed by atoms with van der Waals surface area (Å²) in [5.41, 5.74) is 0. The van der Waals surface area contributed by atoms with Gasteiger partial charge in [-0.25, -0.2) is 9.13 Å². The van der Waals surface area contributed by atoms with Gasteiger partial charge in [0.2, 0.25) is 0 Å². The zero-order valence-corrected chi connectivity index (χ0v) is 71.0. The molecule has 0 saturated carbocycles. The number of phosphoric ester groups is 2. The van der Waals surface area contributed by atoms with Crippen molar-refractivity contribution in [2.75, 3.05) is 39.6 Å². The highest BCUT2D eigenvalue weighted by Crippen LogP contribution is 2.45. The number of aliphatic hydroxyl groups is 1. The van der Waals surface area contributed by atoms with Crippen LogP contribution in [0.15, 0.2) is 207 Å². The molecular formula is C93H148O17P2. The summed E-state index contributed by atoms with van der Waals surface area (Å²) in [6.45, 7) is 4.44. The normalized spacial score (nSPS) is 14.8. The van der Waals surface area contributed by atoms with Gasteiger partial charge in [0, 0.05) is 25.7 Å². The van der Waals surface area contributed by atoms with Gasteiger partial charge >= 0.3 is 39.5 Å². The predicted molar refractivity (Wildman–Crippen MR) is 463 cm³/mol. The Bertz CT molecular complexity index is 2940. The SMILES string of the molecule is CC/C=C\C/C=C\C/C=C\C/C=C\C/C=C\CCCCCC(=O)O[C@H](COC(=O)CCCCCCC/C=C\C/C=C\CCCCC)COP(=O)(O)OC[C@H](O)COP(=O)(O)OC[C@@H](COC(=O)CC/C=C\C/C=C\C/C=C\C/C=C\C/C=C\CCCCC)OC(=O)CC/C=C\C/C=C\C/C=C\C/C=C\C/C=C\CCCCC. The third-order valence-corrected chi connectivity index (χ3v) is 18.6. The molecule has 0 aromatic rings. The van der Waals surface area contributed by atoms with Crippen molar-refractivity contribution < 1.29 is 80.2 Å². The highest BCUT2D eigenvalue weighted by Gasteiger charge is 2.30. The molecule has 0 saturated heterocycles. The summed E-state index contributed by atoms with van der Waals surface area (Å²) < 4.78 is 68.6. The summed E-state index contributed by atoms with van der Waals surface area (Å²) in [6, 6.07) is 0. The number of rotatable bonds is 77. The van der Waals surface area contributed by atoms with E-state index in [4.69, 9.17) is 37.0 Å². The van der Waals surface area contributed by atoms with Crippen LogP contribution < -0.4 is 0 Å². The summed E-state index contributed by atoms with van der Waals surface area (Å²) in [5.74, 6) is -2.44. The molecule has 0 radical (unpaired) electrons. The standard InChI is InChI=1S/C93H148O17P2/c1-5-9-13-17-21-25-29-33-37-40-43-46-50-54-58-62-66-70-74-78-91(96)104-84-89(110-93(98)80-76-72-68-64-60-56-52-48-45-42-39-35-31-27-23-19-15-11-7-3)86-108-112(101,102)106-82-87(94)81-105-111(99,100)107-85-88(83-103-90(95)77-73-69-65-61-57-53-49-36-32-28-24-20-16-12-8-4)109-92(97)79-75-71-67-63-59-55-51-47-44-41-38-34-30-26-22-18-14-10-6-2/h10,14,21-28,33-39,43-49,54-56,58-60,66,68,70,72,87-89,94H,5-9,11-13,15-20,29-32,40-42,50-53,57,61-65,67,69,71,73-86H2,1-4H3,(H,99,100)(H,101,102)/b14-10-,25-21-,26-22-,27-23-,28-24-,37-33-,38-34-,39-35-,46-43-,47-44-,48-45-,49-36-,58-54-,59-55-,60-56-,70-66-,72-68-/t87-,88+,89+/m0/s1. The van der Waals surface area contributed by atoms with Crippen molar-refractivity contribution in [2.45, 2.75) is 316 Å². The fraction of sp³-hybridized carbons (Fsp3) is 0.591. The second-order valence-electron chi connectivity index (χ2n) is 27.3. The molecular weight excluding hydrogens is 1450 g/mol. The molecule has 0 rings (SSSR count). The molecule has 19 heteroatoms. The number of hydrogen-bond donors (Lipinski definition) is 3. The third-order valence-electron chi connectivity index (χ3n) is 16.7. The van der Waals surface area contributed by atoms with E-state index in [1.165, 1.54) is 57.8 Å². The van der Waals surface area contributed by atoms with Crippen molar-refractivity contribution in [1.29, 1.82) is 0 Å². The number of allylic oxidation sites excluding steroid dienone is 34. The molecule has 0 aliphatic rings. The third kappa shape index (κ3) is 81.6. The topological polar surface area (TPSA) is 237 Å². The Balaban J connectivity index is 5.59. The Kier molecular flexibility index (Phi) is 77.9. The van der Waals surface area contributed by atoms with Crippen LogP contribution in [0.25, 0.3) is 0 Å². The van der Waals surface area contributed by atoms with Gasteiger partial charge in [-0.05, 0) is 180 Å². The van der Waals surface area contributed by atoms with Crippen LogP contribution in [0.3, 0.4) is 0 Å². The van der Waals surface area contributed by atoms with Crippen LogP contribution in [0, 0.1) is 0 Å². The van der Waals surface area contributed by atoms with Gasteiger partial charge in [-0.3, -0.25) is 37.3 Å². The van der Waals surface area contributed by atoms with Gasteiger partial charge in [-0.2, -0.15) is 0 Å². The lowest BCUT2D eigenvalue weighted by atomic mass is 10.1. The molecule has 0 spiro atoms. The van der Waals surface area contributed by atoms with Crippen molar-refractivity contribution >= 4 is 39.5 Å². The molecule has 0 heterocycles. The zero-order valence-electron chi connectivity index (χ0n) is 69.3. The van der Waals surface area contributed by atoms with Crippen molar-refractivity contribution in [3.63, 3.8) is 0 Å². The lowest BCUT2D eigenvalue weighted by molar-refractivity contribution is -0.161. The van der Waals surface area contributed by atoms with Gasteiger partial charge in [0.25, 0.3) is 0 Å². The van der Waals surface area contributed by atoms with E-state index >= 15 is 0 Å². The molecule has 112 heavy (non-hydrogen) atoms. The van der Waals surface area contributed by atoms with E-state index in [9.17, 15) is 43.2 Å². The first-order valence-corrected chi connectivity index (χ1v) is 45.3. The zero-order chi connectivity index (χ0) is 81.7. The largest absolute Gasteiger partial charge is 0.472 e. The molecule has 5 atom stereocenters. The quantitative estimate of drug-likeness (QED) is 0.0169. The molecule has 632 valence electrons. The van der Waals surface area contributed by atoms with E-state index in [1.807, 2.05) is 36.5 Å². The summed E-state index contributed by atoms with van der Waals surface area (Å²) >= 11 is 0. The predicted octanol–water partition coefficient (Wildman–Crippen LogP) is 25.4. The molecule has 0 aromatic heterocycles. The van der Waals surface area contributed by atoms with Crippen LogP contribution in [-0.2, 0) is 65.4 Å². The monoisotopic (exact) mass is 1600 g/mol. The number of esters is 4. The molecule has 0 bridgehead atoms. The van der Waals surface area contributed by atoms with Crippen LogP contribution >= 0.6 is 15.6 Å². The molecule has 3 N–H and O–H groups in total. The first kappa shape index (κ1) is 106. The van der Waals surface area contributed by atoms with Crippen LogP contribution in [-0.4, -0.2) is 96.7 Å². The van der Waals surface area contributed by atoms with Gasteiger partial charge in [-0.1, -0.05) is 298 Å². The van der Waals surface area contributed by atoms with Crippen molar-refractivity contribution in [1.82, 2.24) is 0 Å². The number of carbonyl (C=O) groups excluding carboxylic acids is 4. The van der Waals surface area contributed by atoms with E-state index in [2.05, 4.69) is 198 Å². The number of carbonyl (C=O) groups is 4. The highest BCUT2D eigenvalue weighted by molar-refractivity contribution is 7.47. The lowest BCUT2D eigenvalue weighted by Gasteiger charge is -2.21. The van der Waals surface area contributed by atoms with Crippen molar-refractivity contribution in [2.24, 2.45) is 0 Å². The number of hydrogen-bond acceptors (Lipinski definition) is 15. The number of aliphatic hydroxyl groups excluding tert-OH is 1. The molecule has 0 fully saturated rings. The summed E-state index contributed by atoms with van der Waals surface area (Å²) in [4.78, 5) is 73.2. The van der Waals surface area contributed by atoms with E-state index < -0.39 is 97.5 Å². The average Bonchev–Trinajstić information content (AvgIpc) is 0.897. The Morgan fingerprint density at radius 2 is 0.482 bits per heavy atom. The molecule has 17 nitrogen and oxygen atoms in total. The van der Waals surface area contributed by atoms with Crippen LogP contribution in [0.1, 0.15) is 297 Å². The van der Waals surface area contributed by atoms with E-state index in [0.717, 1.165) is 148 Å². The fourth-order valence-electron chi connectivity index (χ4n) is 10.3. The lowest BCUT2D eigenvalue weighted by Crippen LogP contribution is -2.30. The summed E-state index contributed by atoms with van der Waals surface area (Å²) in [5, 5.41) is 10.7. The van der Waals surface area contributed by atoms with Gasteiger partial charge in [0.15, 0.2) is 12.2 Å². The number of ether oxygens (including phenoxy) is 4. The Morgan fingerprint density at radius 3 is 0.795 bits per heavy atom. The van der Waals surface area contributed by atoms with Crippen molar-refractivity contribution in [3.8, 4) is 0 Å². The van der Waals surface area contributed by atoms with E-state index in [1.54, 1.807) is 0 Å². The minimum atomic E-state index is -5.03. The minimum Gasteiger partial charge on any atom is -0.462 e. The van der Waals surface area contributed by atoms with Crippen LogP contribution in [0.2, 0.25) is 0 Å². The second-order valence-corrected chi connectivity index (χ2v) is 30.2. The molecule has 0 amide bonds. The van der Waals surface area contributed by atoms with Gasteiger partial charge < -0.3 is 33.8 Å². The maximum absolute atomic E-state index is 13.1. The molecule has 0 aliphatic carbocycles. The fourth-order valence-corrected chi connectivity index (χ4v) is 11.9. The summed E-state index contributed by atoms with van der Waals surface area (Å²) in [6.07, 6.45) is 104. The first-order chi connectivity index (χ1) is 54.7. The smallest absolute Gasteiger partial charge is 0.462 e. The van der Waals surface area contributed by atoms with Gasteiger partial charge in [0.05, 0.1) is 26.4 Å². The molecule has 0 aliphatic heterocycles. The van der Waals surface area contributed by atoms with E-state index in [-0.39, 0.29) is 25.7 Å².